The Bertz CT molecular complexity index is 922. The van der Waals surface area contributed by atoms with E-state index in [2.05, 4.69) is 16.4 Å². The van der Waals surface area contributed by atoms with Gasteiger partial charge in [-0.25, -0.2) is 14.2 Å². The molecule has 1 heterocycles. The number of thiazole rings is 1. The summed E-state index contributed by atoms with van der Waals surface area (Å²) in [6.07, 6.45) is 1.56. The highest BCUT2D eigenvalue weighted by Crippen LogP contribution is 2.31. The van der Waals surface area contributed by atoms with Gasteiger partial charge in [-0.05, 0) is 55.3 Å². The quantitative estimate of drug-likeness (QED) is 0.672. The molecular weight excluding hydrogens is 353 g/mol. The van der Waals surface area contributed by atoms with Crippen molar-refractivity contribution < 1.29 is 13.9 Å². The lowest BCUT2D eigenvalue weighted by molar-refractivity contribution is 0.258. The molecule has 0 radical (unpaired) electrons. The first-order chi connectivity index (χ1) is 12.4. The van der Waals surface area contributed by atoms with Crippen molar-refractivity contribution in [1.29, 1.82) is 0 Å². The molecule has 0 atom stereocenters. The Kier molecular flexibility index (Phi) is 5.18. The number of carbonyl (C=O) groups excluding carboxylic acids is 1. The molecule has 0 bridgehead atoms. The molecule has 0 saturated carbocycles. The number of nitrogens with zero attached hydrogens (tertiary/aromatic N) is 2. The predicted molar refractivity (Wildman–Crippen MR) is 102 cm³/mol. The molecule has 0 aliphatic heterocycles. The minimum absolute atomic E-state index is 0.401. The van der Waals surface area contributed by atoms with Gasteiger partial charge in [-0.3, -0.25) is 10.2 Å². The van der Waals surface area contributed by atoms with Crippen LogP contribution in [0, 0.1) is 19.7 Å². The topological polar surface area (TPSA) is 54.5 Å². The normalized spacial score (nSPS) is 10.5. The van der Waals surface area contributed by atoms with Gasteiger partial charge < -0.3 is 4.74 Å². The third-order valence-corrected chi connectivity index (χ3v) is 4.40. The summed E-state index contributed by atoms with van der Waals surface area (Å²) in [6, 6.07) is 11.3. The van der Waals surface area contributed by atoms with Gasteiger partial charge in [0, 0.05) is 12.7 Å². The van der Waals surface area contributed by atoms with E-state index in [0.29, 0.717) is 15.9 Å². The molecular formula is C19H18FN3O2S. The average molecular weight is 371 g/mol. The van der Waals surface area contributed by atoms with E-state index >= 15 is 0 Å². The van der Waals surface area contributed by atoms with Crippen LogP contribution in [-0.2, 0) is 0 Å². The van der Waals surface area contributed by atoms with Gasteiger partial charge in [0.1, 0.15) is 11.6 Å². The molecule has 0 unspecified atom stereocenters. The van der Waals surface area contributed by atoms with E-state index in [0.717, 1.165) is 16.9 Å². The van der Waals surface area contributed by atoms with Crippen LogP contribution in [0.5, 0.6) is 10.8 Å². The number of aryl methyl sites for hydroxylation is 2. The Morgan fingerprint density at radius 3 is 2.62 bits per heavy atom. The summed E-state index contributed by atoms with van der Waals surface area (Å²) in [4.78, 5) is 17.8. The number of ether oxygens (including phenoxy) is 1. The molecule has 7 heteroatoms. The van der Waals surface area contributed by atoms with Gasteiger partial charge in [-0.1, -0.05) is 23.5 Å². The zero-order chi connectivity index (χ0) is 18.7. The molecule has 26 heavy (non-hydrogen) atoms. The lowest BCUT2D eigenvalue weighted by Gasteiger charge is -2.16. The van der Waals surface area contributed by atoms with Gasteiger partial charge >= 0.3 is 6.03 Å². The van der Waals surface area contributed by atoms with E-state index < -0.39 is 11.8 Å². The summed E-state index contributed by atoms with van der Waals surface area (Å²) in [5.41, 5.74) is 2.66. The Hall–Kier alpha value is -2.93. The smallest absolute Gasteiger partial charge is 0.327 e. The van der Waals surface area contributed by atoms with Gasteiger partial charge in [-0.2, -0.15) is 0 Å². The minimum atomic E-state index is -0.414. The van der Waals surface area contributed by atoms with Crippen LogP contribution in [0.15, 0.2) is 48.7 Å². The molecule has 0 fully saturated rings. The number of halogens is 1. The van der Waals surface area contributed by atoms with Crippen molar-refractivity contribution >= 4 is 28.2 Å². The van der Waals surface area contributed by atoms with Crippen LogP contribution >= 0.6 is 11.3 Å². The molecule has 5 nitrogen and oxygen atoms in total. The maximum absolute atomic E-state index is 13.3. The minimum Gasteiger partial charge on any atom is -0.445 e. The van der Waals surface area contributed by atoms with Crippen molar-refractivity contribution in [3.05, 3.63) is 65.6 Å². The number of benzene rings is 2. The Balaban J connectivity index is 1.67. The van der Waals surface area contributed by atoms with Gasteiger partial charge in [0.05, 0.1) is 6.20 Å². The van der Waals surface area contributed by atoms with E-state index in [9.17, 15) is 9.18 Å². The van der Waals surface area contributed by atoms with E-state index in [1.165, 1.54) is 28.4 Å². The lowest BCUT2D eigenvalue weighted by Crippen LogP contribution is -2.31. The number of hydrogen-bond donors (Lipinski definition) is 1. The maximum Gasteiger partial charge on any atom is 0.327 e. The second kappa shape index (κ2) is 7.53. The summed E-state index contributed by atoms with van der Waals surface area (Å²) >= 11 is 1.22. The van der Waals surface area contributed by atoms with Crippen molar-refractivity contribution in [1.82, 2.24) is 4.98 Å². The van der Waals surface area contributed by atoms with Gasteiger partial charge in [0.15, 0.2) is 5.13 Å². The van der Waals surface area contributed by atoms with Crippen LogP contribution in [0.25, 0.3) is 0 Å². The van der Waals surface area contributed by atoms with Crippen LogP contribution in [0.1, 0.15) is 11.1 Å². The van der Waals surface area contributed by atoms with Crippen molar-refractivity contribution in [2.75, 3.05) is 17.3 Å². The first-order valence-corrected chi connectivity index (χ1v) is 8.74. The summed E-state index contributed by atoms with van der Waals surface area (Å²) in [5.74, 6) is 0.321. The Labute approximate surface area is 155 Å². The van der Waals surface area contributed by atoms with E-state index in [4.69, 9.17) is 4.74 Å². The molecule has 2 amide bonds. The zero-order valence-corrected chi connectivity index (χ0v) is 15.4. The number of nitrogens with one attached hydrogen (secondary N) is 1. The molecule has 134 valence electrons. The van der Waals surface area contributed by atoms with E-state index in [1.807, 2.05) is 26.0 Å². The highest BCUT2D eigenvalue weighted by Gasteiger charge is 2.14. The van der Waals surface area contributed by atoms with Crippen LogP contribution in [-0.4, -0.2) is 18.1 Å². The fourth-order valence-corrected chi connectivity index (χ4v) is 3.13. The van der Waals surface area contributed by atoms with E-state index in [1.54, 1.807) is 25.4 Å². The number of hydrogen-bond acceptors (Lipinski definition) is 4. The SMILES string of the molecule is Cc1cc(C)cc(Oc2cnc(NC(=O)N(C)c3cccc(F)c3)s2)c1. The summed E-state index contributed by atoms with van der Waals surface area (Å²) in [5, 5.41) is 3.65. The lowest BCUT2D eigenvalue weighted by atomic mass is 10.1. The second-order valence-corrected chi connectivity index (χ2v) is 6.87. The summed E-state index contributed by atoms with van der Waals surface area (Å²) in [6.45, 7) is 4.00. The monoisotopic (exact) mass is 371 g/mol. The highest BCUT2D eigenvalue weighted by molar-refractivity contribution is 7.17. The van der Waals surface area contributed by atoms with Gasteiger partial charge in [-0.15, -0.1) is 0 Å². The molecule has 1 aromatic heterocycles. The highest BCUT2D eigenvalue weighted by atomic mass is 32.1. The largest absolute Gasteiger partial charge is 0.445 e. The molecule has 3 aromatic rings. The summed E-state index contributed by atoms with van der Waals surface area (Å²) < 4.78 is 19.1. The van der Waals surface area contributed by atoms with Crippen LogP contribution in [0.4, 0.5) is 20.0 Å². The fraction of sp³-hybridized carbons (Fsp3) is 0.158. The molecule has 1 N–H and O–H groups in total. The third kappa shape index (κ3) is 4.37. The Morgan fingerprint density at radius 1 is 1.19 bits per heavy atom. The molecule has 0 aliphatic carbocycles. The zero-order valence-electron chi connectivity index (χ0n) is 14.6. The number of rotatable bonds is 4. The van der Waals surface area contributed by atoms with Crippen molar-refractivity contribution in [3.8, 4) is 10.8 Å². The second-order valence-electron chi connectivity index (χ2n) is 5.88. The molecule has 2 aromatic carbocycles. The number of urea groups is 1. The van der Waals surface area contributed by atoms with Gasteiger partial charge in [0.25, 0.3) is 0 Å². The number of anilines is 2. The number of carbonyl (C=O) groups is 1. The van der Waals surface area contributed by atoms with Crippen molar-refractivity contribution in [3.63, 3.8) is 0 Å². The Morgan fingerprint density at radius 2 is 1.92 bits per heavy atom. The van der Waals surface area contributed by atoms with Crippen LogP contribution < -0.4 is 15.0 Å². The van der Waals surface area contributed by atoms with E-state index in [-0.39, 0.29) is 0 Å². The first-order valence-electron chi connectivity index (χ1n) is 7.93. The molecule has 3 rings (SSSR count). The molecule has 0 aliphatic rings. The van der Waals surface area contributed by atoms with Crippen molar-refractivity contribution in [2.24, 2.45) is 0 Å². The maximum atomic E-state index is 13.3. The van der Waals surface area contributed by atoms with Crippen LogP contribution in [0.3, 0.4) is 0 Å². The average Bonchev–Trinajstić information content (AvgIpc) is 3.00. The fourth-order valence-electron chi connectivity index (χ4n) is 2.45. The van der Waals surface area contributed by atoms with Gasteiger partial charge in [0.2, 0.25) is 5.06 Å². The molecule has 0 saturated heterocycles. The predicted octanol–water partition coefficient (Wildman–Crippen LogP) is 5.36. The number of amides is 2. The third-order valence-electron chi connectivity index (χ3n) is 3.61. The first kappa shape index (κ1) is 17.9. The number of aromatic nitrogens is 1. The van der Waals surface area contributed by atoms with Crippen LogP contribution in [0.2, 0.25) is 0 Å². The van der Waals surface area contributed by atoms with Crippen molar-refractivity contribution in [2.45, 2.75) is 13.8 Å². The standard InChI is InChI=1S/C19H18FN3O2S/c1-12-7-13(2)9-16(8-12)25-17-11-21-18(26-17)22-19(24)23(3)15-6-4-5-14(20)10-15/h4-11H,1-3H3,(H,21,22,24). The molecule has 0 spiro atoms. The summed E-state index contributed by atoms with van der Waals surface area (Å²) in [7, 11) is 1.56.